The van der Waals surface area contributed by atoms with Gasteiger partial charge in [0.15, 0.2) is 11.8 Å². The molecule has 1 heterocycles. The molecule has 0 saturated heterocycles. The number of nitrogen functional groups attached to an aromatic ring is 1. The molecule has 1 saturated carbocycles. The number of nitrogens with zero attached hydrogens (tertiary/aromatic N) is 2. The third kappa shape index (κ3) is 6.32. The summed E-state index contributed by atoms with van der Waals surface area (Å²) in [4.78, 5) is 44.9. The van der Waals surface area contributed by atoms with Crippen LogP contribution < -0.4 is 11.3 Å². The molecule has 1 aliphatic rings. The molecule has 4 aromatic rings. The van der Waals surface area contributed by atoms with Crippen LogP contribution >= 0.6 is 0 Å². The zero-order valence-electron chi connectivity index (χ0n) is 23.2. The Balaban J connectivity index is 1.39. The molecule has 2 N–H and O–H groups in total. The van der Waals surface area contributed by atoms with Crippen LogP contribution in [0.3, 0.4) is 0 Å². The summed E-state index contributed by atoms with van der Waals surface area (Å²) in [5, 5.41) is 1.57. The summed E-state index contributed by atoms with van der Waals surface area (Å²) < 4.78 is 20.5. The Morgan fingerprint density at radius 1 is 0.952 bits per heavy atom. The molecular weight excluding hydrogens is 537 g/mol. The highest BCUT2D eigenvalue weighted by atomic mass is 19.1. The first kappa shape index (κ1) is 28.9. The van der Waals surface area contributed by atoms with E-state index in [0.717, 1.165) is 36.8 Å². The van der Waals surface area contributed by atoms with Crippen LogP contribution in [0, 0.1) is 5.82 Å². The van der Waals surface area contributed by atoms with Gasteiger partial charge in [-0.15, -0.1) is 0 Å². The van der Waals surface area contributed by atoms with Gasteiger partial charge in [-0.3, -0.25) is 14.2 Å². The van der Waals surface area contributed by atoms with Gasteiger partial charge in [-0.2, -0.15) is 5.06 Å². The van der Waals surface area contributed by atoms with E-state index in [2.05, 4.69) is 0 Å². The van der Waals surface area contributed by atoms with E-state index in [1.165, 1.54) is 48.1 Å². The zero-order chi connectivity index (χ0) is 29.6. The highest BCUT2D eigenvalue weighted by molar-refractivity contribution is 6.11. The maximum Gasteiger partial charge on any atom is 0.330 e. The molecule has 3 aromatic carbocycles. The number of ether oxygens (including phenoxy) is 1. The van der Waals surface area contributed by atoms with Crippen molar-refractivity contribution < 1.29 is 23.6 Å². The summed E-state index contributed by atoms with van der Waals surface area (Å²) >= 11 is 0. The first-order valence-corrected chi connectivity index (χ1v) is 13.8. The van der Waals surface area contributed by atoms with Gasteiger partial charge in [0.05, 0.1) is 24.9 Å². The number of carbonyl (C=O) groups is 2. The van der Waals surface area contributed by atoms with Crippen molar-refractivity contribution in [1.82, 2.24) is 9.63 Å². The smallest absolute Gasteiger partial charge is 0.330 e. The maximum atomic E-state index is 13.4. The molecule has 0 aliphatic heterocycles. The number of aromatic nitrogens is 1. The summed E-state index contributed by atoms with van der Waals surface area (Å²) in [6.07, 6.45) is 3.73. The molecule has 0 radical (unpaired) electrons. The molecule has 9 heteroatoms. The van der Waals surface area contributed by atoms with Crippen molar-refractivity contribution in [2.24, 2.45) is 0 Å². The van der Waals surface area contributed by atoms with E-state index in [-0.39, 0.29) is 35.6 Å². The second-order valence-electron chi connectivity index (χ2n) is 10.2. The van der Waals surface area contributed by atoms with Gasteiger partial charge >= 0.3 is 5.97 Å². The van der Waals surface area contributed by atoms with Crippen molar-refractivity contribution >= 4 is 17.6 Å². The minimum Gasteiger partial charge on any atom is -0.461 e. The lowest BCUT2D eigenvalue weighted by Crippen LogP contribution is -2.35. The molecular formula is C33H32FN3O5. The number of halogens is 1. The largest absolute Gasteiger partial charge is 0.461 e. The van der Waals surface area contributed by atoms with Crippen molar-refractivity contribution in [3.05, 3.63) is 129 Å². The third-order valence-corrected chi connectivity index (χ3v) is 7.46. The normalized spacial score (nSPS) is 14.2. The summed E-state index contributed by atoms with van der Waals surface area (Å²) in [5.74, 6) is -1.28. The zero-order valence-corrected chi connectivity index (χ0v) is 23.2. The Bertz CT molecular complexity index is 1600. The molecule has 1 aromatic heterocycles. The Kier molecular flexibility index (Phi) is 8.90. The van der Waals surface area contributed by atoms with E-state index >= 15 is 0 Å². The van der Waals surface area contributed by atoms with Crippen molar-refractivity contribution in [2.75, 3.05) is 12.8 Å². The Hall–Kier alpha value is -4.60. The molecule has 216 valence electrons. The van der Waals surface area contributed by atoms with Gasteiger partial charge in [0.25, 0.3) is 5.56 Å². The summed E-state index contributed by atoms with van der Waals surface area (Å²) in [5.41, 5.74) is 8.30. The molecule has 1 aliphatic carbocycles. The fourth-order valence-corrected chi connectivity index (χ4v) is 5.25. The second-order valence-corrected chi connectivity index (χ2v) is 10.2. The molecule has 1 unspecified atom stereocenters. The van der Waals surface area contributed by atoms with Crippen LogP contribution in [0.2, 0.25) is 0 Å². The number of hydrogen-bond acceptors (Lipinski definition) is 7. The number of rotatable bonds is 10. The lowest BCUT2D eigenvalue weighted by molar-refractivity contribution is -0.197. The molecule has 0 spiro atoms. The number of benzene rings is 3. The predicted octanol–water partition coefficient (Wildman–Crippen LogP) is 5.38. The van der Waals surface area contributed by atoms with Crippen LogP contribution in [0.1, 0.15) is 58.8 Å². The maximum absolute atomic E-state index is 13.4. The SMILES string of the molecule is CON(Cc1ccc(-n2c(N)c(C(=O)c3ccc(F)cc3)ccc2=O)cc1)C(C(=O)OC1CCCC1)c1ccccc1. The molecule has 42 heavy (non-hydrogen) atoms. The Labute approximate surface area is 243 Å². The summed E-state index contributed by atoms with van der Waals surface area (Å²) in [7, 11) is 1.51. The van der Waals surface area contributed by atoms with Gasteiger partial charge in [-0.25, -0.2) is 9.18 Å². The lowest BCUT2D eigenvalue weighted by atomic mass is 10.0. The van der Waals surface area contributed by atoms with E-state index in [1.807, 2.05) is 30.3 Å². The van der Waals surface area contributed by atoms with Crippen molar-refractivity contribution in [3.63, 3.8) is 0 Å². The Morgan fingerprint density at radius 3 is 2.26 bits per heavy atom. The van der Waals surface area contributed by atoms with Gasteiger partial charge < -0.3 is 15.3 Å². The average Bonchev–Trinajstić information content (AvgIpc) is 3.51. The molecule has 0 bridgehead atoms. The fourth-order valence-electron chi connectivity index (χ4n) is 5.25. The molecule has 5 rings (SSSR count). The minimum absolute atomic E-state index is 0.0260. The van der Waals surface area contributed by atoms with E-state index in [1.54, 1.807) is 29.3 Å². The first-order valence-electron chi connectivity index (χ1n) is 13.8. The van der Waals surface area contributed by atoms with Crippen molar-refractivity contribution in [2.45, 2.75) is 44.4 Å². The number of anilines is 1. The van der Waals surface area contributed by atoms with Crippen LogP contribution in [0.25, 0.3) is 5.69 Å². The summed E-state index contributed by atoms with van der Waals surface area (Å²) in [6.45, 7) is 0.254. The second kappa shape index (κ2) is 12.9. The van der Waals surface area contributed by atoms with Crippen molar-refractivity contribution in [3.8, 4) is 5.69 Å². The predicted molar refractivity (Wildman–Crippen MR) is 156 cm³/mol. The number of ketones is 1. The van der Waals surface area contributed by atoms with E-state index in [4.69, 9.17) is 15.3 Å². The number of nitrogens with two attached hydrogens (primary N) is 1. The fraction of sp³-hybridized carbons (Fsp3) is 0.242. The van der Waals surface area contributed by atoms with Gasteiger partial charge in [0, 0.05) is 11.6 Å². The topological polar surface area (TPSA) is 104 Å². The van der Waals surface area contributed by atoms with E-state index in [0.29, 0.717) is 5.69 Å². The number of esters is 1. The average molecular weight is 570 g/mol. The molecule has 1 atom stereocenters. The minimum atomic E-state index is -0.774. The molecule has 1 fully saturated rings. The van der Waals surface area contributed by atoms with Gasteiger partial charge in [-0.1, -0.05) is 42.5 Å². The van der Waals surface area contributed by atoms with Crippen molar-refractivity contribution in [1.29, 1.82) is 0 Å². The molecule has 0 amide bonds. The quantitative estimate of drug-likeness (QED) is 0.155. The van der Waals surface area contributed by atoms with Crippen LogP contribution in [0.5, 0.6) is 0 Å². The van der Waals surface area contributed by atoms with Gasteiger partial charge in [0.1, 0.15) is 17.7 Å². The highest BCUT2D eigenvalue weighted by Gasteiger charge is 2.32. The van der Waals surface area contributed by atoms with Crippen LogP contribution in [0.15, 0.2) is 95.8 Å². The summed E-state index contributed by atoms with van der Waals surface area (Å²) in [6, 6.07) is 23.4. The van der Waals surface area contributed by atoms with Gasteiger partial charge in [0.2, 0.25) is 0 Å². The van der Waals surface area contributed by atoms with Crippen LogP contribution in [0.4, 0.5) is 10.2 Å². The monoisotopic (exact) mass is 569 g/mol. The highest BCUT2D eigenvalue weighted by Crippen LogP contribution is 2.29. The van der Waals surface area contributed by atoms with Gasteiger partial charge in [-0.05, 0) is 79.3 Å². The number of hydroxylamine groups is 2. The van der Waals surface area contributed by atoms with E-state index in [9.17, 15) is 18.8 Å². The third-order valence-electron chi connectivity index (χ3n) is 7.46. The number of carbonyl (C=O) groups excluding carboxylic acids is 2. The standard InChI is InChI=1S/C33H32FN3O5/c1-41-36(30(23-7-3-2-4-8-23)33(40)42-27-9-5-6-10-27)21-22-11-17-26(18-12-22)37-29(38)20-19-28(32(37)35)31(39)24-13-15-25(34)16-14-24/h2-4,7-8,11-20,27,30H,5-6,9-10,21,35H2,1H3. The lowest BCUT2D eigenvalue weighted by Gasteiger charge is -2.29. The molecule has 8 nitrogen and oxygen atoms in total. The van der Waals surface area contributed by atoms with E-state index < -0.39 is 23.2 Å². The first-order chi connectivity index (χ1) is 20.4. The number of pyridine rings is 1. The van der Waals surface area contributed by atoms with Crippen LogP contribution in [-0.2, 0) is 20.9 Å². The Morgan fingerprint density at radius 2 is 1.62 bits per heavy atom. The van der Waals surface area contributed by atoms with Crippen LogP contribution in [-0.4, -0.2) is 34.6 Å². The number of hydrogen-bond donors (Lipinski definition) is 1.